The molecule has 0 aliphatic carbocycles. The Bertz CT molecular complexity index is 559. The van der Waals surface area contributed by atoms with Gasteiger partial charge in [-0.25, -0.2) is 9.18 Å². The van der Waals surface area contributed by atoms with Gasteiger partial charge in [-0.1, -0.05) is 6.07 Å². The summed E-state index contributed by atoms with van der Waals surface area (Å²) in [5.74, 6) is 0.188. The molecule has 2 N–H and O–H groups in total. The number of benzene rings is 1. The van der Waals surface area contributed by atoms with E-state index in [2.05, 4.69) is 0 Å². The van der Waals surface area contributed by atoms with Crippen molar-refractivity contribution in [2.75, 3.05) is 31.2 Å². The second-order valence-electron chi connectivity index (χ2n) is 6.24. The number of anilines is 1. The quantitative estimate of drug-likeness (QED) is 0.925. The van der Waals surface area contributed by atoms with Crippen LogP contribution in [-0.2, 0) is 15.9 Å². The van der Waals surface area contributed by atoms with Crippen LogP contribution in [0.3, 0.4) is 0 Å². The zero-order valence-corrected chi connectivity index (χ0v) is 13.2. The molecule has 2 heterocycles. The van der Waals surface area contributed by atoms with Crippen LogP contribution in [0.1, 0.15) is 24.8 Å². The molecule has 1 aromatic carbocycles. The van der Waals surface area contributed by atoms with E-state index in [0.29, 0.717) is 30.1 Å². The number of rotatable bonds is 4. The van der Waals surface area contributed by atoms with Crippen molar-refractivity contribution in [1.82, 2.24) is 0 Å². The van der Waals surface area contributed by atoms with Gasteiger partial charge in [0.2, 0.25) is 0 Å². The molecule has 2 aliphatic heterocycles. The maximum atomic E-state index is 14.4. The van der Waals surface area contributed by atoms with Crippen LogP contribution in [-0.4, -0.2) is 38.5 Å². The molecule has 2 fully saturated rings. The van der Waals surface area contributed by atoms with E-state index in [4.69, 9.17) is 15.2 Å². The van der Waals surface area contributed by atoms with E-state index in [0.717, 1.165) is 32.5 Å². The van der Waals surface area contributed by atoms with E-state index in [1.807, 2.05) is 0 Å². The molecule has 0 bridgehead atoms. The molecule has 0 saturated carbocycles. The van der Waals surface area contributed by atoms with Crippen LogP contribution in [0.5, 0.6) is 0 Å². The zero-order chi connectivity index (χ0) is 16.2. The summed E-state index contributed by atoms with van der Waals surface area (Å²) in [6.07, 6.45) is 3.00. The standard InChI is InChI=1S/C17H23FN2O3/c18-16-9-14(20-11-15(10-19)23-17(20)21)4-3-13(16)8-12-2-1-6-22-7-5-12/h3-4,9,12,15H,1-2,5-8,10-11,19H2. The Kier molecular flexibility index (Phi) is 5.13. The number of nitrogens with zero attached hydrogens (tertiary/aromatic N) is 1. The summed E-state index contributed by atoms with van der Waals surface area (Å²) in [5, 5.41) is 0. The molecule has 3 rings (SSSR count). The van der Waals surface area contributed by atoms with Gasteiger partial charge in [0.1, 0.15) is 11.9 Å². The number of amides is 1. The minimum Gasteiger partial charge on any atom is -0.443 e. The second-order valence-corrected chi connectivity index (χ2v) is 6.24. The maximum Gasteiger partial charge on any atom is 0.414 e. The molecule has 5 nitrogen and oxygen atoms in total. The molecule has 1 aromatic rings. The predicted octanol–water partition coefficient (Wildman–Crippen LogP) is 2.47. The number of carbonyl (C=O) groups is 1. The first-order valence-corrected chi connectivity index (χ1v) is 8.21. The van der Waals surface area contributed by atoms with Crippen LogP contribution in [0.15, 0.2) is 18.2 Å². The summed E-state index contributed by atoms with van der Waals surface area (Å²) >= 11 is 0. The van der Waals surface area contributed by atoms with Gasteiger partial charge in [-0.05, 0) is 49.3 Å². The number of cyclic esters (lactones) is 1. The van der Waals surface area contributed by atoms with Crippen LogP contribution in [0, 0.1) is 11.7 Å². The summed E-state index contributed by atoms with van der Waals surface area (Å²) in [6.45, 7) is 2.20. The first-order valence-electron chi connectivity index (χ1n) is 8.21. The lowest BCUT2D eigenvalue weighted by molar-refractivity contribution is 0.141. The van der Waals surface area contributed by atoms with Gasteiger partial charge in [-0.2, -0.15) is 0 Å². The number of hydrogen-bond donors (Lipinski definition) is 1. The highest BCUT2D eigenvalue weighted by molar-refractivity contribution is 5.89. The van der Waals surface area contributed by atoms with Crippen LogP contribution < -0.4 is 10.6 Å². The lowest BCUT2D eigenvalue weighted by Gasteiger charge is -2.17. The van der Waals surface area contributed by atoms with Crippen molar-refractivity contribution in [1.29, 1.82) is 0 Å². The summed E-state index contributed by atoms with van der Waals surface area (Å²) in [7, 11) is 0. The Labute approximate surface area is 135 Å². The summed E-state index contributed by atoms with van der Waals surface area (Å²) < 4.78 is 25.0. The van der Waals surface area contributed by atoms with Crippen molar-refractivity contribution in [3.8, 4) is 0 Å². The van der Waals surface area contributed by atoms with Gasteiger partial charge in [0.25, 0.3) is 0 Å². The van der Waals surface area contributed by atoms with Gasteiger partial charge in [-0.15, -0.1) is 0 Å². The molecular weight excluding hydrogens is 299 g/mol. The van der Waals surface area contributed by atoms with Crippen LogP contribution >= 0.6 is 0 Å². The van der Waals surface area contributed by atoms with Gasteiger partial charge in [0.15, 0.2) is 0 Å². The Morgan fingerprint density at radius 3 is 2.91 bits per heavy atom. The van der Waals surface area contributed by atoms with E-state index in [9.17, 15) is 9.18 Å². The van der Waals surface area contributed by atoms with Crippen molar-refractivity contribution in [3.63, 3.8) is 0 Å². The predicted molar refractivity (Wildman–Crippen MR) is 84.9 cm³/mol. The minimum atomic E-state index is -0.464. The van der Waals surface area contributed by atoms with Crippen LogP contribution in [0.2, 0.25) is 0 Å². The molecule has 2 atom stereocenters. The summed E-state index contributed by atoms with van der Waals surface area (Å²) in [5.41, 5.74) is 6.74. The highest BCUT2D eigenvalue weighted by atomic mass is 19.1. The molecule has 6 heteroatoms. The number of ether oxygens (including phenoxy) is 2. The largest absolute Gasteiger partial charge is 0.443 e. The van der Waals surface area contributed by atoms with E-state index in [-0.39, 0.29) is 18.5 Å². The van der Waals surface area contributed by atoms with Crippen molar-refractivity contribution in [2.24, 2.45) is 11.7 Å². The maximum absolute atomic E-state index is 14.4. The average molecular weight is 322 g/mol. The molecule has 2 unspecified atom stereocenters. The second kappa shape index (κ2) is 7.27. The Balaban J connectivity index is 1.69. The first kappa shape index (κ1) is 16.2. The van der Waals surface area contributed by atoms with Crippen molar-refractivity contribution >= 4 is 11.8 Å². The number of carbonyl (C=O) groups excluding carboxylic acids is 1. The first-order chi connectivity index (χ1) is 11.2. The smallest absolute Gasteiger partial charge is 0.414 e. The van der Waals surface area contributed by atoms with Crippen molar-refractivity contribution < 1.29 is 18.7 Å². The van der Waals surface area contributed by atoms with E-state index >= 15 is 0 Å². The molecule has 2 aliphatic rings. The van der Waals surface area contributed by atoms with Gasteiger partial charge in [0.05, 0.1) is 12.2 Å². The molecule has 0 radical (unpaired) electrons. The Hall–Kier alpha value is -1.66. The topological polar surface area (TPSA) is 64.8 Å². The number of hydrogen-bond acceptors (Lipinski definition) is 4. The van der Waals surface area contributed by atoms with Gasteiger partial charge in [-0.3, -0.25) is 4.90 Å². The zero-order valence-electron chi connectivity index (χ0n) is 13.2. The third kappa shape index (κ3) is 3.82. The lowest BCUT2D eigenvalue weighted by atomic mass is 9.92. The molecule has 1 amide bonds. The van der Waals surface area contributed by atoms with Crippen LogP contribution in [0.25, 0.3) is 0 Å². The summed E-state index contributed by atoms with van der Waals surface area (Å²) in [6, 6.07) is 4.98. The highest BCUT2D eigenvalue weighted by Crippen LogP contribution is 2.27. The summed E-state index contributed by atoms with van der Waals surface area (Å²) in [4.78, 5) is 13.2. The monoisotopic (exact) mass is 322 g/mol. The van der Waals surface area contributed by atoms with Gasteiger partial charge in [0, 0.05) is 19.8 Å². The van der Waals surface area contributed by atoms with E-state index in [1.54, 1.807) is 12.1 Å². The van der Waals surface area contributed by atoms with Crippen molar-refractivity contribution in [2.45, 2.75) is 31.8 Å². The van der Waals surface area contributed by atoms with Gasteiger partial charge < -0.3 is 15.2 Å². The minimum absolute atomic E-state index is 0.267. The van der Waals surface area contributed by atoms with E-state index < -0.39 is 6.09 Å². The lowest BCUT2D eigenvalue weighted by Crippen LogP contribution is -2.27. The third-order valence-corrected chi connectivity index (χ3v) is 4.57. The number of nitrogens with two attached hydrogens (primary N) is 1. The Morgan fingerprint density at radius 1 is 1.30 bits per heavy atom. The van der Waals surface area contributed by atoms with Crippen molar-refractivity contribution in [3.05, 3.63) is 29.6 Å². The molecule has 126 valence electrons. The SMILES string of the molecule is NCC1CN(c2ccc(CC3CCCOCC3)c(F)c2)C(=O)O1. The molecule has 23 heavy (non-hydrogen) atoms. The molecule has 2 saturated heterocycles. The van der Waals surface area contributed by atoms with Gasteiger partial charge >= 0.3 is 6.09 Å². The fraction of sp³-hybridized carbons (Fsp3) is 0.588. The average Bonchev–Trinajstić information content (AvgIpc) is 2.75. The highest BCUT2D eigenvalue weighted by Gasteiger charge is 2.31. The normalized spacial score (nSPS) is 25.3. The fourth-order valence-corrected chi connectivity index (χ4v) is 3.21. The third-order valence-electron chi connectivity index (χ3n) is 4.57. The molecule has 0 spiro atoms. The molecular formula is C17H23FN2O3. The molecule has 0 aromatic heterocycles. The van der Waals surface area contributed by atoms with Crippen LogP contribution in [0.4, 0.5) is 14.9 Å². The van der Waals surface area contributed by atoms with E-state index in [1.165, 1.54) is 11.0 Å². The number of halogens is 1. The Morgan fingerprint density at radius 2 is 2.17 bits per heavy atom. The fourth-order valence-electron chi connectivity index (χ4n) is 3.21.